The Morgan fingerprint density at radius 1 is 1.17 bits per heavy atom. The molecule has 0 radical (unpaired) electrons. The van der Waals surface area contributed by atoms with Crippen molar-refractivity contribution in [1.29, 1.82) is 0 Å². The van der Waals surface area contributed by atoms with Crippen LogP contribution in [0.4, 0.5) is 18.9 Å². The summed E-state index contributed by atoms with van der Waals surface area (Å²) in [5.74, 6) is 0.0301. The molecule has 0 spiro atoms. The highest BCUT2D eigenvalue weighted by Gasteiger charge is 2.30. The van der Waals surface area contributed by atoms with Crippen LogP contribution in [0.1, 0.15) is 37.7 Å². The zero-order chi connectivity index (χ0) is 16.9. The smallest absolute Gasteiger partial charge is 0.383 e. The highest BCUT2D eigenvalue weighted by molar-refractivity contribution is 6.33. The van der Waals surface area contributed by atoms with Gasteiger partial charge in [-0.15, -0.1) is 0 Å². The number of hydrogen-bond donors (Lipinski definition) is 1. The van der Waals surface area contributed by atoms with Crippen LogP contribution in [0.2, 0.25) is 5.02 Å². The molecule has 1 aromatic carbocycles. The molecule has 1 aliphatic heterocycles. The van der Waals surface area contributed by atoms with Crippen molar-refractivity contribution in [3.8, 4) is 0 Å². The van der Waals surface area contributed by atoms with Crippen LogP contribution >= 0.6 is 11.6 Å². The number of halogens is 4. The molecule has 1 amide bonds. The van der Waals surface area contributed by atoms with Crippen LogP contribution in [0.25, 0.3) is 0 Å². The van der Waals surface area contributed by atoms with Crippen LogP contribution < -0.4 is 5.32 Å². The number of amides is 1. The summed E-state index contributed by atoms with van der Waals surface area (Å²) in [5.41, 5.74) is -0.562. The van der Waals surface area contributed by atoms with Crippen molar-refractivity contribution in [2.24, 2.45) is 0 Å². The van der Waals surface area contributed by atoms with Gasteiger partial charge in [0.2, 0.25) is 5.91 Å². The number of alkyl halides is 3. The van der Waals surface area contributed by atoms with E-state index in [1.165, 1.54) is 6.07 Å². The first-order valence-electron chi connectivity index (χ1n) is 7.76. The Labute approximate surface area is 138 Å². The topological polar surface area (TPSA) is 32.3 Å². The van der Waals surface area contributed by atoms with Crippen LogP contribution in [0.15, 0.2) is 18.2 Å². The third kappa shape index (κ3) is 5.30. The van der Waals surface area contributed by atoms with Crippen LogP contribution in [0, 0.1) is 0 Å². The predicted molar refractivity (Wildman–Crippen MR) is 84.6 cm³/mol. The largest absolute Gasteiger partial charge is 0.416 e. The number of anilines is 1. The lowest BCUT2D eigenvalue weighted by Gasteiger charge is -2.20. The maximum Gasteiger partial charge on any atom is 0.416 e. The van der Waals surface area contributed by atoms with Crippen molar-refractivity contribution in [2.45, 2.75) is 38.3 Å². The molecule has 1 fully saturated rings. The van der Waals surface area contributed by atoms with Crippen LogP contribution in [-0.2, 0) is 11.0 Å². The maximum atomic E-state index is 12.7. The molecular formula is C16H20ClF3N2O. The van der Waals surface area contributed by atoms with Crippen LogP contribution in [0.5, 0.6) is 0 Å². The third-order valence-corrected chi connectivity index (χ3v) is 4.24. The number of nitrogens with one attached hydrogen (secondary N) is 1. The van der Waals surface area contributed by atoms with Gasteiger partial charge in [0.15, 0.2) is 0 Å². The molecule has 0 aromatic heterocycles. The lowest BCUT2D eigenvalue weighted by molar-refractivity contribution is -0.137. The summed E-state index contributed by atoms with van der Waals surface area (Å²) >= 11 is 5.91. The molecule has 23 heavy (non-hydrogen) atoms. The number of nitrogens with zero attached hydrogens (tertiary/aromatic N) is 1. The second-order valence-electron chi connectivity index (χ2n) is 5.66. The highest BCUT2D eigenvalue weighted by atomic mass is 35.5. The van der Waals surface area contributed by atoms with Gasteiger partial charge in [-0.2, -0.15) is 13.2 Å². The Morgan fingerprint density at radius 2 is 1.83 bits per heavy atom. The third-order valence-electron chi connectivity index (χ3n) is 3.91. The average Bonchev–Trinajstić information content (AvgIpc) is 2.77. The molecular weight excluding hydrogens is 329 g/mol. The molecule has 0 aliphatic carbocycles. The fourth-order valence-electron chi connectivity index (χ4n) is 2.62. The van der Waals surface area contributed by atoms with Crippen LogP contribution in [-0.4, -0.2) is 30.4 Å². The van der Waals surface area contributed by atoms with Crippen molar-refractivity contribution in [2.75, 3.05) is 25.0 Å². The van der Waals surface area contributed by atoms with Gasteiger partial charge < -0.3 is 10.2 Å². The molecule has 0 atom stereocenters. The summed E-state index contributed by atoms with van der Waals surface area (Å²) in [7, 11) is 0. The van der Waals surface area contributed by atoms with Gasteiger partial charge in [-0.3, -0.25) is 4.79 Å². The summed E-state index contributed by atoms with van der Waals surface area (Å²) < 4.78 is 38.1. The molecule has 1 N–H and O–H groups in total. The second-order valence-corrected chi connectivity index (χ2v) is 6.07. The first-order valence-corrected chi connectivity index (χ1v) is 8.14. The van der Waals surface area contributed by atoms with Gasteiger partial charge in [-0.25, -0.2) is 0 Å². The minimum atomic E-state index is -4.41. The minimum Gasteiger partial charge on any atom is -0.383 e. The molecule has 1 aliphatic rings. The van der Waals surface area contributed by atoms with E-state index in [2.05, 4.69) is 5.32 Å². The standard InChI is InChI=1S/C16H20ClF3N2O/c17-13-6-5-12(16(18,19)20)11-14(13)21-8-7-15(23)22-9-3-1-2-4-10-22/h5-6,11,21H,1-4,7-10H2. The van der Waals surface area contributed by atoms with Gasteiger partial charge in [0, 0.05) is 26.1 Å². The molecule has 0 saturated carbocycles. The van der Waals surface area contributed by atoms with Gasteiger partial charge in [-0.05, 0) is 31.0 Å². The van der Waals surface area contributed by atoms with Gasteiger partial charge >= 0.3 is 6.18 Å². The van der Waals surface area contributed by atoms with E-state index in [0.29, 0.717) is 0 Å². The molecule has 0 unspecified atom stereocenters. The summed E-state index contributed by atoms with van der Waals surface area (Å²) in [6.07, 6.45) is 0.135. The van der Waals surface area contributed by atoms with Crippen LogP contribution in [0.3, 0.4) is 0 Å². The zero-order valence-corrected chi connectivity index (χ0v) is 13.5. The number of carbonyl (C=O) groups is 1. The summed E-state index contributed by atoms with van der Waals surface area (Å²) in [6, 6.07) is 3.12. The predicted octanol–water partition coefficient (Wildman–Crippen LogP) is 4.56. The zero-order valence-electron chi connectivity index (χ0n) is 12.8. The summed E-state index contributed by atoms with van der Waals surface area (Å²) in [6.45, 7) is 1.79. The Morgan fingerprint density at radius 3 is 2.43 bits per heavy atom. The Bertz CT molecular complexity index is 541. The summed E-state index contributed by atoms with van der Waals surface area (Å²) in [4.78, 5) is 14.0. The minimum absolute atomic E-state index is 0.0301. The quantitative estimate of drug-likeness (QED) is 0.864. The van der Waals surface area contributed by atoms with Crippen molar-refractivity contribution in [3.63, 3.8) is 0 Å². The van der Waals surface area contributed by atoms with Gasteiger partial charge in [0.25, 0.3) is 0 Å². The molecule has 1 heterocycles. The second kappa shape index (κ2) is 7.90. The summed E-state index contributed by atoms with van der Waals surface area (Å²) in [5, 5.41) is 3.04. The molecule has 128 valence electrons. The van der Waals surface area contributed by atoms with E-state index in [-0.39, 0.29) is 29.6 Å². The van der Waals surface area contributed by atoms with Crippen molar-refractivity contribution >= 4 is 23.2 Å². The molecule has 0 bridgehead atoms. The van der Waals surface area contributed by atoms with Gasteiger partial charge in [0.05, 0.1) is 16.3 Å². The molecule has 3 nitrogen and oxygen atoms in total. The van der Waals surface area contributed by atoms with E-state index >= 15 is 0 Å². The molecule has 7 heteroatoms. The van der Waals surface area contributed by atoms with Crippen molar-refractivity contribution in [3.05, 3.63) is 28.8 Å². The van der Waals surface area contributed by atoms with E-state index < -0.39 is 11.7 Å². The Kier molecular flexibility index (Phi) is 6.16. The average molecular weight is 349 g/mol. The van der Waals surface area contributed by atoms with E-state index in [9.17, 15) is 18.0 Å². The number of carbonyl (C=O) groups excluding carboxylic acids is 1. The first-order chi connectivity index (χ1) is 10.9. The number of hydrogen-bond acceptors (Lipinski definition) is 2. The normalized spacial score (nSPS) is 16.1. The van der Waals surface area contributed by atoms with Gasteiger partial charge in [-0.1, -0.05) is 24.4 Å². The Balaban J connectivity index is 1.89. The molecule has 1 saturated heterocycles. The van der Waals surface area contributed by atoms with Crippen molar-refractivity contribution in [1.82, 2.24) is 4.90 Å². The highest BCUT2D eigenvalue weighted by Crippen LogP contribution is 2.33. The van der Waals surface area contributed by atoms with E-state index in [1.807, 2.05) is 4.90 Å². The SMILES string of the molecule is O=C(CCNc1cc(C(F)(F)F)ccc1Cl)N1CCCCCC1. The number of rotatable bonds is 4. The van der Waals surface area contributed by atoms with Gasteiger partial charge in [0.1, 0.15) is 0 Å². The van der Waals surface area contributed by atoms with E-state index in [0.717, 1.165) is 50.9 Å². The van der Waals surface area contributed by atoms with Crippen molar-refractivity contribution < 1.29 is 18.0 Å². The first kappa shape index (κ1) is 17.9. The lowest BCUT2D eigenvalue weighted by Crippen LogP contribution is -2.32. The lowest BCUT2D eigenvalue weighted by atomic mass is 10.2. The maximum absolute atomic E-state index is 12.7. The van der Waals surface area contributed by atoms with E-state index in [1.54, 1.807) is 0 Å². The fraction of sp³-hybridized carbons (Fsp3) is 0.562. The van der Waals surface area contributed by atoms with E-state index in [4.69, 9.17) is 11.6 Å². The molecule has 2 rings (SSSR count). The fourth-order valence-corrected chi connectivity index (χ4v) is 2.80. The number of benzene rings is 1. The number of likely N-dealkylation sites (tertiary alicyclic amines) is 1. The molecule has 1 aromatic rings. The Hall–Kier alpha value is -1.43. The monoisotopic (exact) mass is 348 g/mol.